The minimum absolute atomic E-state index is 0.271. The third kappa shape index (κ3) is 3.09. The van der Waals surface area contributed by atoms with E-state index in [2.05, 4.69) is 32.6 Å². The molecule has 3 heteroatoms. The first-order valence-corrected chi connectivity index (χ1v) is 9.33. The van der Waals surface area contributed by atoms with Gasteiger partial charge in [0.2, 0.25) is 0 Å². The molecule has 1 heterocycles. The minimum atomic E-state index is -0.341. The van der Waals surface area contributed by atoms with E-state index in [0.717, 1.165) is 31.5 Å². The lowest BCUT2D eigenvalue weighted by atomic mass is 9.70. The number of hydrogen-bond donors (Lipinski definition) is 1. The maximum atomic E-state index is 10.4. The van der Waals surface area contributed by atoms with Crippen molar-refractivity contribution in [3.8, 4) is 0 Å². The number of likely N-dealkylation sites (tertiary alicyclic amines) is 1. The van der Waals surface area contributed by atoms with Crippen LogP contribution in [0.4, 0.5) is 0 Å². The molecule has 0 aromatic carbocycles. The molecule has 4 atom stereocenters. The molecule has 0 radical (unpaired) electrons. The second-order valence-electron chi connectivity index (χ2n) is 9.27. The van der Waals surface area contributed by atoms with E-state index in [-0.39, 0.29) is 11.5 Å². The van der Waals surface area contributed by atoms with Gasteiger partial charge < -0.3 is 14.7 Å². The second kappa shape index (κ2) is 6.07. The van der Waals surface area contributed by atoms with Crippen molar-refractivity contribution < 1.29 is 9.84 Å². The van der Waals surface area contributed by atoms with Crippen LogP contribution >= 0.6 is 0 Å². The molecule has 0 spiro atoms. The average molecular weight is 309 g/mol. The van der Waals surface area contributed by atoms with E-state index < -0.39 is 0 Å². The van der Waals surface area contributed by atoms with Gasteiger partial charge in [-0.3, -0.25) is 0 Å². The molecular formula is C19H35NO2. The van der Waals surface area contributed by atoms with Crippen LogP contribution in [-0.4, -0.2) is 48.5 Å². The summed E-state index contributed by atoms with van der Waals surface area (Å²) < 4.78 is 6.30. The minimum Gasteiger partial charge on any atom is -0.389 e. The summed E-state index contributed by atoms with van der Waals surface area (Å²) in [4.78, 5) is 2.40. The van der Waals surface area contributed by atoms with Gasteiger partial charge in [-0.1, -0.05) is 27.7 Å². The first-order valence-electron chi connectivity index (χ1n) is 9.33. The van der Waals surface area contributed by atoms with Crippen molar-refractivity contribution in [3.05, 3.63) is 0 Å². The van der Waals surface area contributed by atoms with Crippen LogP contribution in [0.15, 0.2) is 0 Å². The number of hydrogen-bond acceptors (Lipinski definition) is 3. The lowest BCUT2D eigenvalue weighted by molar-refractivity contribution is -0.114. The molecule has 1 saturated heterocycles. The van der Waals surface area contributed by atoms with Crippen molar-refractivity contribution in [1.29, 1.82) is 0 Å². The number of aliphatic hydroxyl groups excluding tert-OH is 1. The van der Waals surface area contributed by atoms with Crippen LogP contribution in [0.5, 0.6) is 0 Å². The summed E-state index contributed by atoms with van der Waals surface area (Å²) in [6.45, 7) is 13.0. The quantitative estimate of drug-likeness (QED) is 0.846. The summed E-state index contributed by atoms with van der Waals surface area (Å²) in [6, 6.07) is 0. The molecule has 128 valence electrons. The van der Waals surface area contributed by atoms with Crippen LogP contribution in [0.25, 0.3) is 0 Å². The maximum Gasteiger partial charge on any atom is 0.0900 e. The Bertz CT molecular complexity index is 384. The summed E-state index contributed by atoms with van der Waals surface area (Å²) in [5, 5.41) is 10.4. The average Bonchev–Trinajstić information content (AvgIpc) is 2.92. The van der Waals surface area contributed by atoms with E-state index in [1.807, 2.05) is 0 Å². The fourth-order valence-corrected chi connectivity index (χ4v) is 5.48. The van der Waals surface area contributed by atoms with Crippen molar-refractivity contribution in [2.45, 2.75) is 72.0 Å². The molecule has 0 aromatic heterocycles. The Hall–Kier alpha value is -0.120. The number of aliphatic hydroxyl groups is 1. The van der Waals surface area contributed by atoms with Gasteiger partial charge in [-0.25, -0.2) is 0 Å². The van der Waals surface area contributed by atoms with Gasteiger partial charge >= 0.3 is 0 Å². The zero-order chi connectivity index (χ0) is 16.0. The van der Waals surface area contributed by atoms with E-state index in [4.69, 9.17) is 4.74 Å². The number of ether oxygens (including phenoxy) is 1. The van der Waals surface area contributed by atoms with Crippen LogP contribution in [0.3, 0.4) is 0 Å². The third-order valence-corrected chi connectivity index (χ3v) is 6.94. The molecule has 0 unspecified atom stereocenters. The topological polar surface area (TPSA) is 32.7 Å². The van der Waals surface area contributed by atoms with Crippen LogP contribution < -0.4 is 0 Å². The summed E-state index contributed by atoms with van der Waals surface area (Å²) >= 11 is 0. The van der Waals surface area contributed by atoms with Crippen LogP contribution in [0.1, 0.15) is 59.8 Å². The molecule has 2 aliphatic carbocycles. The third-order valence-electron chi connectivity index (χ3n) is 6.94. The molecule has 3 rings (SSSR count). The Labute approximate surface area is 136 Å². The summed E-state index contributed by atoms with van der Waals surface area (Å²) in [5.41, 5.74) is 0.613. The first kappa shape index (κ1) is 16.7. The largest absolute Gasteiger partial charge is 0.389 e. The van der Waals surface area contributed by atoms with Gasteiger partial charge in [0.1, 0.15) is 0 Å². The van der Waals surface area contributed by atoms with Crippen LogP contribution in [0, 0.1) is 22.7 Å². The zero-order valence-corrected chi connectivity index (χ0v) is 15.0. The highest BCUT2D eigenvalue weighted by Crippen LogP contribution is 2.63. The molecule has 0 amide bonds. The molecule has 2 bridgehead atoms. The van der Waals surface area contributed by atoms with Crippen molar-refractivity contribution in [2.75, 3.05) is 26.2 Å². The van der Waals surface area contributed by atoms with Crippen molar-refractivity contribution in [1.82, 2.24) is 4.90 Å². The van der Waals surface area contributed by atoms with E-state index >= 15 is 0 Å². The Kier molecular flexibility index (Phi) is 4.61. The highest BCUT2D eigenvalue weighted by Gasteiger charge is 2.60. The van der Waals surface area contributed by atoms with Gasteiger partial charge in [-0.2, -0.15) is 0 Å². The molecule has 1 N–H and O–H groups in total. The monoisotopic (exact) mass is 309 g/mol. The molecule has 1 aliphatic heterocycles. The molecule has 3 fully saturated rings. The molecule has 3 nitrogen and oxygen atoms in total. The van der Waals surface area contributed by atoms with Crippen molar-refractivity contribution in [3.63, 3.8) is 0 Å². The molecule has 2 saturated carbocycles. The van der Waals surface area contributed by atoms with Gasteiger partial charge in [0.15, 0.2) is 0 Å². The lowest BCUT2D eigenvalue weighted by Crippen LogP contribution is -2.45. The first-order chi connectivity index (χ1) is 10.3. The van der Waals surface area contributed by atoms with Gasteiger partial charge in [-0.15, -0.1) is 0 Å². The van der Waals surface area contributed by atoms with Crippen molar-refractivity contribution in [2.24, 2.45) is 22.7 Å². The smallest absolute Gasteiger partial charge is 0.0900 e. The fraction of sp³-hybridized carbons (Fsp3) is 1.00. The summed E-state index contributed by atoms with van der Waals surface area (Å²) in [5.74, 6) is 1.66. The number of rotatable bonds is 5. The van der Waals surface area contributed by atoms with E-state index in [0.29, 0.717) is 18.1 Å². The van der Waals surface area contributed by atoms with Gasteiger partial charge in [0.25, 0.3) is 0 Å². The fourth-order valence-electron chi connectivity index (χ4n) is 5.48. The lowest BCUT2D eigenvalue weighted by Gasteiger charge is -2.42. The number of β-amino-alcohol motifs (C(OH)–C–C–N with tert-alkyl or cyclic N) is 1. The zero-order valence-electron chi connectivity index (χ0n) is 15.0. The van der Waals surface area contributed by atoms with Gasteiger partial charge in [0, 0.05) is 6.54 Å². The van der Waals surface area contributed by atoms with Gasteiger partial charge in [0.05, 0.1) is 18.8 Å². The van der Waals surface area contributed by atoms with E-state index in [9.17, 15) is 5.11 Å². The predicted molar refractivity (Wildman–Crippen MR) is 89.8 cm³/mol. The highest BCUT2D eigenvalue weighted by molar-refractivity contribution is 5.09. The normalized spacial score (nSPS) is 40.2. The summed E-state index contributed by atoms with van der Waals surface area (Å²) in [6.07, 6.45) is 6.47. The number of nitrogens with zero attached hydrogens (tertiary/aromatic N) is 1. The SMILES string of the molecule is CC1CCN(C[C@@H](O)CO[C@@H]2C(C)(C)[C@H]3CC[C@@]2(C)C3)CC1. The van der Waals surface area contributed by atoms with Crippen LogP contribution in [-0.2, 0) is 4.74 Å². The van der Waals surface area contributed by atoms with Gasteiger partial charge in [-0.05, 0) is 67.9 Å². The summed E-state index contributed by atoms with van der Waals surface area (Å²) in [7, 11) is 0. The van der Waals surface area contributed by atoms with E-state index in [1.54, 1.807) is 0 Å². The predicted octanol–water partition coefficient (Wildman–Crippen LogP) is 3.31. The second-order valence-corrected chi connectivity index (χ2v) is 9.27. The Morgan fingerprint density at radius 2 is 1.86 bits per heavy atom. The van der Waals surface area contributed by atoms with Crippen molar-refractivity contribution >= 4 is 0 Å². The number of fused-ring (bicyclic) bond motifs is 2. The van der Waals surface area contributed by atoms with Crippen LogP contribution in [0.2, 0.25) is 0 Å². The Morgan fingerprint density at radius 1 is 1.18 bits per heavy atom. The Morgan fingerprint density at radius 3 is 2.45 bits per heavy atom. The highest BCUT2D eigenvalue weighted by atomic mass is 16.5. The molecule has 22 heavy (non-hydrogen) atoms. The number of piperidine rings is 1. The molecule has 0 aromatic rings. The molecular weight excluding hydrogens is 274 g/mol. The Balaban J connectivity index is 1.48. The standard InChI is InChI=1S/C19H35NO2/c1-14-6-9-20(10-7-14)12-16(21)13-22-17-18(2,3)15-5-8-19(17,4)11-15/h14-17,21H,5-13H2,1-4H3/t15-,16+,17+,19-/m0/s1. The maximum absolute atomic E-state index is 10.4. The van der Waals surface area contributed by atoms with E-state index in [1.165, 1.54) is 32.1 Å². The molecule has 3 aliphatic rings.